The molecule has 2 rings (SSSR count). The van der Waals surface area contributed by atoms with Gasteiger partial charge in [0.05, 0.1) is 7.11 Å². The van der Waals surface area contributed by atoms with Gasteiger partial charge in [0.25, 0.3) is 0 Å². The number of likely N-dealkylation sites (N-methyl/N-ethyl adjacent to an activating group) is 1. The summed E-state index contributed by atoms with van der Waals surface area (Å²) >= 11 is 0. The van der Waals surface area contributed by atoms with Crippen molar-refractivity contribution in [2.45, 2.75) is 6.54 Å². The molecule has 0 atom stereocenters. The number of rotatable bonds is 7. The summed E-state index contributed by atoms with van der Waals surface area (Å²) in [7, 11) is 5.51. The zero-order chi connectivity index (χ0) is 18.2. The third-order valence-electron chi connectivity index (χ3n) is 3.73. The zero-order valence-electron chi connectivity index (χ0n) is 14.8. The van der Waals surface area contributed by atoms with Crippen molar-refractivity contribution in [2.24, 2.45) is 0 Å². The molecule has 0 bridgehead atoms. The topological polar surface area (TPSA) is 44.8 Å². The molecule has 25 heavy (non-hydrogen) atoms. The zero-order valence-corrected chi connectivity index (χ0v) is 14.8. The number of benzene rings is 2. The van der Waals surface area contributed by atoms with Crippen LogP contribution in [0, 0.1) is 5.82 Å². The smallest absolute Gasteiger partial charge is 0.322 e. The number of carbonyl (C=O) groups is 1. The van der Waals surface area contributed by atoms with Crippen molar-refractivity contribution in [3.63, 3.8) is 0 Å². The fraction of sp³-hybridized carbons (Fsp3) is 0.316. The minimum absolute atomic E-state index is 0.198. The summed E-state index contributed by atoms with van der Waals surface area (Å²) in [5, 5.41) is 2.89. The van der Waals surface area contributed by atoms with Crippen LogP contribution in [-0.4, -0.2) is 50.1 Å². The van der Waals surface area contributed by atoms with Gasteiger partial charge in [0.15, 0.2) is 0 Å². The number of hydrogen-bond acceptors (Lipinski definition) is 3. The predicted octanol–water partition coefficient (Wildman–Crippen LogP) is 3.43. The van der Waals surface area contributed by atoms with E-state index in [0.29, 0.717) is 18.8 Å². The number of nitrogens with zero attached hydrogens (tertiary/aromatic N) is 2. The summed E-state index contributed by atoms with van der Waals surface area (Å²) in [5.74, 6) is 0.444. The van der Waals surface area contributed by atoms with Crippen molar-refractivity contribution in [1.82, 2.24) is 9.80 Å². The summed E-state index contributed by atoms with van der Waals surface area (Å²) in [6.07, 6.45) is 0. The lowest BCUT2D eigenvalue weighted by Crippen LogP contribution is -2.39. The van der Waals surface area contributed by atoms with Crippen molar-refractivity contribution >= 4 is 11.7 Å². The van der Waals surface area contributed by atoms with Crippen molar-refractivity contribution in [2.75, 3.05) is 39.6 Å². The van der Waals surface area contributed by atoms with Crippen LogP contribution < -0.4 is 10.1 Å². The summed E-state index contributed by atoms with van der Waals surface area (Å²) in [5.41, 5.74) is 1.57. The van der Waals surface area contributed by atoms with Crippen LogP contribution in [0.3, 0.4) is 0 Å². The van der Waals surface area contributed by atoms with Gasteiger partial charge in [-0.2, -0.15) is 0 Å². The molecule has 0 fully saturated rings. The van der Waals surface area contributed by atoms with Gasteiger partial charge in [-0.25, -0.2) is 9.18 Å². The van der Waals surface area contributed by atoms with Crippen molar-refractivity contribution in [3.05, 3.63) is 59.9 Å². The number of hydrogen-bond donors (Lipinski definition) is 1. The van der Waals surface area contributed by atoms with E-state index >= 15 is 0 Å². The Morgan fingerprint density at radius 1 is 1.04 bits per heavy atom. The number of urea groups is 1. The molecule has 134 valence electrons. The summed E-state index contributed by atoms with van der Waals surface area (Å²) in [4.78, 5) is 16.4. The molecule has 0 aliphatic rings. The highest BCUT2D eigenvalue weighted by Gasteiger charge is 2.14. The third-order valence-corrected chi connectivity index (χ3v) is 3.73. The van der Waals surface area contributed by atoms with E-state index < -0.39 is 0 Å². The van der Waals surface area contributed by atoms with Crippen LogP contribution in [0.2, 0.25) is 0 Å². The van der Waals surface area contributed by atoms with E-state index in [0.717, 1.165) is 17.9 Å². The van der Waals surface area contributed by atoms with Gasteiger partial charge < -0.3 is 19.9 Å². The molecule has 0 radical (unpaired) electrons. The van der Waals surface area contributed by atoms with Gasteiger partial charge in [-0.15, -0.1) is 0 Å². The highest BCUT2D eigenvalue weighted by molar-refractivity contribution is 5.89. The molecule has 1 N–H and O–H groups in total. The van der Waals surface area contributed by atoms with Crippen LogP contribution in [0.4, 0.5) is 14.9 Å². The van der Waals surface area contributed by atoms with Gasteiger partial charge in [-0.05, 0) is 56.1 Å². The molecular formula is C19H24FN3O2. The van der Waals surface area contributed by atoms with E-state index in [1.165, 1.54) is 12.1 Å². The molecule has 0 saturated heterocycles. The second-order valence-corrected chi connectivity index (χ2v) is 6.01. The summed E-state index contributed by atoms with van der Waals surface area (Å²) < 4.78 is 18.2. The van der Waals surface area contributed by atoms with Crippen molar-refractivity contribution in [3.8, 4) is 5.75 Å². The maximum absolute atomic E-state index is 13.1. The number of ether oxygens (including phenoxy) is 1. The Hall–Kier alpha value is -2.60. The van der Waals surface area contributed by atoms with Gasteiger partial charge in [-0.1, -0.05) is 12.1 Å². The van der Waals surface area contributed by atoms with E-state index in [9.17, 15) is 9.18 Å². The van der Waals surface area contributed by atoms with E-state index in [1.807, 2.05) is 19.0 Å². The van der Waals surface area contributed by atoms with E-state index in [4.69, 9.17) is 4.74 Å². The van der Waals surface area contributed by atoms with Gasteiger partial charge in [0.1, 0.15) is 11.6 Å². The number of amides is 2. The number of nitrogens with one attached hydrogen (secondary N) is 1. The SMILES string of the molecule is COc1ccc(NC(=O)N(CCN(C)C)Cc2ccc(F)cc2)cc1. The van der Waals surface area contributed by atoms with E-state index in [1.54, 1.807) is 48.4 Å². The molecule has 0 unspecified atom stereocenters. The monoisotopic (exact) mass is 345 g/mol. The van der Waals surface area contributed by atoms with E-state index in [-0.39, 0.29) is 11.8 Å². The quantitative estimate of drug-likeness (QED) is 0.836. The Balaban J connectivity index is 2.06. The minimum Gasteiger partial charge on any atom is -0.497 e. The van der Waals surface area contributed by atoms with Crippen LogP contribution in [-0.2, 0) is 6.54 Å². The van der Waals surface area contributed by atoms with Crippen molar-refractivity contribution in [1.29, 1.82) is 0 Å². The van der Waals surface area contributed by atoms with Crippen molar-refractivity contribution < 1.29 is 13.9 Å². The molecule has 0 spiro atoms. The molecular weight excluding hydrogens is 321 g/mol. The molecule has 0 heterocycles. The lowest BCUT2D eigenvalue weighted by Gasteiger charge is -2.25. The fourth-order valence-corrected chi connectivity index (χ4v) is 2.26. The Labute approximate surface area is 148 Å². The molecule has 2 amide bonds. The van der Waals surface area contributed by atoms with Gasteiger partial charge in [-0.3, -0.25) is 0 Å². The average molecular weight is 345 g/mol. The van der Waals surface area contributed by atoms with Crippen LogP contribution in [0.1, 0.15) is 5.56 Å². The molecule has 5 nitrogen and oxygen atoms in total. The third kappa shape index (κ3) is 6.08. The lowest BCUT2D eigenvalue weighted by atomic mass is 10.2. The minimum atomic E-state index is -0.286. The second kappa shape index (κ2) is 9.03. The maximum Gasteiger partial charge on any atom is 0.322 e. The van der Waals surface area contributed by atoms with Gasteiger partial charge >= 0.3 is 6.03 Å². The van der Waals surface area contributed by atoms with Gasteiger partial charge in [0.2, 0.25) is 0 Å². The normalized spacial score (nSPS) is 10.6. The Bertz CT molecular complexity index is 672. The van der Waals surface area contributed by atoms with Crippen LogP contribution >= 0.6 is 0 Å². The molecule has 0 aliphatic carbocycles. The molecule has 2 aromatic carbocycles. The largest absolute Gasteiger partial charge is 0.497 e. The fourth-order valence-electron chi connectivity index (χ4n) is 2.26. The first-order valence-corrected chi connectivity index (χ1v) is 8.07. The van der Waals surface area contributed by atoms with Gasteiger partial charge in [0, 0.05) is 25.3 Å². The Morgan fingerprint density at radius 3 is 2.24 bits per heavy atom. The molecule has 0 aliphatic heterocycles. The number of methoxy groups -OCH3 is 1. The highest BCUT2D eigenvalue weighted by atomic mass is 19.1. The Kier molecular flexibility index (Phi) is 6.77. The number of anilines is 1. The first-order valence-electron chi connectivity index (χ1n) is 8.07. The highest BCUT2D eigenvalue weighted by Crippen LogP contribution is 2.16. The standard InChI is InChI=1S/C19H24FN3O2/c1-22(2)12-13-23(14-15-4-6-16(20)7-5-15)19(24)21-17-8-10-18(25-3)11-9-17/h4-11H,12-14H2,1-3H3,(H,21,24). The van der Waals surface area contributed by atoms with Crippen LogP contribution in [0.25, 0.3) is 0 Å². The second-order valence-electron chi connectivity index (χ2n) is 6.01. The Morgan fingerprint density at radius 2 is 1.68 bits per heavy atom. The van der Waals surface area contributed by atoms with E-state index in [2.05, 4.69) is 5.32 Å². The number of carbonyl (C=O) groups excluding carboxylic acids is 1. The van der Waals surface area contributed by atoms with Crippen LogP contribution in [0.15, 0.2) is 48.5 Å². The average Bonchev–Trinajstić information content (AvgIpc) is 2.60. The molecule has 0 aromatic heterocycles. The summed E-state index contributed by atoms with van der Waals surface area (Å²) in [6.45, 7) is 1.71. The summed E-state index contributed by atoms with van der Waals surface area (Å²) in [6, 6.07) is 13.2. The number of halogens is 1. The predicted molar refractivity (Wildman–Crippen MR) is 97.4 cm³/mol. The molecule has 2 aromatic rings. The van der Waals surface area contributed by atoms with Crippen LogP contribution in [0.5, 0.6) is 5.75 Å². The molecule has 0 saturated carbocycles. The maximum atomic E-state index is 13.1. The first kappa shape index (κ1) is 18.7. The molecule has 6 heteroatoms. The first-order chi connectivity index (χ1) is 12.0. The lowest BCUT2D eigenvalue weighted by molar-refractivity contribution is 0.202.